The number of rotatable bonds is 7. The Morgan fingerprint density at radius 1 is 1.25 bits per heavy atom. The van der Waals surface area contributed by atoms with Crippen molar-refractivity contribution in [2.45, 2.75) is 32.4 Å². The molecule has 0 unspecified atom stereocenters. The van der Waals surface area contributed by atoms with Gasteiger partial charge in [-0.15, -0.1) is 24.8 Å². The van der Waals surface area contributed by atoms with E-state index >= 15 is 0 Å². The molecule has 2 aliphatic heterocycles. The van der Waals surface area contributed by atoms with Crippen LogP contribution in [-0.4, -0.2) is 64.9 Å². The molecule has 28 heavy (non-hydrogen) atoms. The maximum absolute atomic E-state index is 12.3. The molecule has 3 heterocycles. The number of likely N-dealkylation sites (tertiary alicyclic amines) is 1. The van der Waals surface area contributed by atoms with E-state index in [1.807, 2.05) is 12.1 Å². The fraction of sp³-hybridized carbons (Fsp3) is 0.556. The Kier molecular flexibility index (Phi) is 9.64. The predicted octanol–water partition coefficient (Wildman–Crippen LogP) is 1.19. The maximum atomic E-state index is 12.3. The van der Waals surface area contributed by atoms with Gasteiger partial charge in [-0.25, -0.2) is 4.79 Å². The second-order valence-corrected chi connectivity index (χ2v) is 6.91. The van der Waals surface area contributed by atoms with Crippen molar-refractivity contribution in [2.75, 3.05) is 26.2 Å². The number of hydrogen-bond donors (Lipinski definition) is 2. The molecule has 3 rings (SSSR count). The highest BCUT2D eigenvalue weighted by atomic mass is 35.5. The molecule has 2 atom stereocenters. The van der Waals surface area contributed by atoms with E-state index in [1.165, 1.54) is 5.56 Å². The van der Waals surface area contributed by atoms with E-state index in [9.17, 15) is 14.4 Å². The van der Waals surface area contributed by atoms with Gasteiger partial charge in [0.2, 0.25) is 5.91 Å². The van der Waals surface area contributed by atoms with Crippen molar-refractivity contribution >= 4 is 42.7 Å². The lowest BCUT2D eigenvalue weighted by molar-refractivity contribution is -0.131. The first-order valence-electron chi connectivity index (χ1n) is 9.05. The molecule has 10 heteroatoms. The third-order valence-electron chi connectivity index (χ3n) is 4.92. The summed E-state index contributed by atoms with van der Waals surface area (Å²) in [4.78, 5) is 42.9. The van der Waals surface area contributed by atoms with Crippen molar-refractivity contribution in [1.29, 1.82) is 0 Å². The number of amides is 4. The van der Waals surface area contributed by atoms with Gasteiger partial charge in [-0.05, 0) is 30.0 Å². The van der Waals surface area contributed by atoms with Crippen LogP contribution in [-0.2, 0) is 16.1 Å². The van der Waals surface area contributed by atoms with Crippen LogP contribution >= 0.6 is 24.8 Å². The first-order valence-corrected chi connectivity index (χ1v) is 9.05. The van der Waals surface area contributed by atoms with Gasteiger partial charge in [0.05, 0.1) is 6.54 Å². The van der Waals surface area contributed by atoms with Crippen LogP contribution in [0, 0.1) is 5.92 Å². The summed E-state index contributed by atoms with van der Waals surface area (Å²) in [7, 11) is 0. The highest BCUT2D eigenvalue weighted by Gasteiger charge is 2.35. The van der Waals surface area contributed by atoms with E-state index in [0.717, 1.165) is 37.4 Å². The van der Waals surface area contributed by atoms with Gasteiger partial charge in [0.1, 0.15) is 6.54 Å². The zero-order chi connectivity index (χ0) is 18.5. The number of halogens is 2. The van der Waals surface area contributed by atoms with E-state index in [4.69, 9.17) is 0 Å². The first-order chi connectivity index (χ1) is 12.6. The largest absolute Gasteiger partial charge is 0.350 e. The van der Waals surface area contributed by atoms with Gasteiger partial charge < -0.3 is 10.6 Å². The van der Waals surface area contributed by atoms with Crippen molar-refractivity contribution in [2.24, 2.45) is 5.92 Å². The summed E-state index contributed by atoms with van der Waals surface area (Å²) in [6.45, 7) is 4.39. The molecular formula is C18H27Cl2N5O3. The summed E-state index contributed by atoms with van der Waals surface area (Å²) in [6.07, 6.45) is 5.65. The van der Waals surface area contributed by atoms with Gasteiger partial charge in [0, 0.05) is 38.1 Å². The third-order valence-corrected chi connectivity index (χ3v) is 4.92. The van der Waals surface area contributed by atoms with Crippen LogP contribution < -0.4 is 10.6 Å². The quantitative estimate of drug-likeness (QED) is 0.632. The Hall–Kier alpha value is -1.90. The second-order valence-electron chi connectivity index (χ2n) is 6.91. The number of carbonyl (C=O) groups excluding carboxylic acids is 3. The number of pyridine rings is 1. The van der Waals surface area contributed by atoms with Crippen molar-refractivity contribution in [1.82, 2.24) is 25.4 Å². The van der Waals surface area contributed by atoms with Crippen LogP contribution in [0.2, 0.25) is 0 Å². The third kappa shape index (κ3) is 6.05. The molecule has 0 spiro atoms. The fourth-order valence-electron chi connectivity index (χ4n) is 3.67. The predicted molar refractivity (Wildman–Crippen MR) is 109 cm³/mol. The standard InChI is InChI=1S/C18H25N5O3.2ClH/c1-2-3-14-10-22(9-13-4-6-19-7-5-13)11-15(14)21-16(24)12-23-17(25)8-20-18(23)26;;/h4-7,14-15H,2-3,8-12H2,1H3,(H,20,26)(H,21,24);2*1H/t14-,15-;;/m0../s1. The zero-order valence-corrected chi connectivity index (χ0v) is 17.4. The molecule has 1 aromatic heterocycles. The molecule has 1 aromatic rings. The molecule has 2 aliphatic rings. The molecule has 2 saturated heterocycles. The van der Waals surface area contributed by atoms with Crippen molar-refractivity contribution in [3.63, 3.8) is 0 Å². The Morgan fingerprint density at radius 3 is 2.57 bits per heavy atom. The van der Waals surface area contributed by atoms with Gasteiger partial charge >= 0.3 is 6.03 Å². The van der Waals surface area contributed by atoms with Crippen LogP contribution in [0.5, 0.6) is 0 Å². The molecule has 8 nitrogen and oxygen atoms in total. The summed E-state index contributed by atoms with van der Waals surface area (Å²) in [5, 5.41) is 5.46. The van der Waals surface area contributed by atoms with Crippen molar-refractivity contribution in [3.8, 4) is 0 Å². The highest BCUT2D eigenvalue weighted by molar-refractivity contribution is 6.04. The zero-order valence-electron chi connectivity index (χ0n) is 15.8. The molecule has 2 N–H and O–H groups in total. The normalized spacial score (nSPS) is 21.7. The summed E-state index contributed by atoms with van der Waals surface area (Å²) in [5.41, 5.74) is 1.20. The number of nitrogens with zero attached hydrogens (tertiary/aromatic N) is 3. The lowest BCUT2D eigenvalue weighted by atomic mass is 9.98. The van der Waals surface area contributed by atoms with Gasteiger partial charge in [-0.1, -0.05) is 13.3 Å². The molecule has 0 aliphatic carbocycles. The molecule has 0 saturated carbocycles. The minimum atomic E-state index is -0.499. The maximum Gasteiger partial charge on any atom is 0.325 e. The van der Waals surface area contributed by atoms with Crippen LogP contribution in [0.15, 0.2) is 24.5 Å². The molecule has 0 bridgehead atoms. The summed E-state index contributed by atoms with van der Waals surface area (Å²) in [6, 6.07) is 3.53. The number of hydrogen-bond acceptors (Lipinski definition) is 5. The summed E-state index contributed by atoms with van der Waals surface area (Å²) in [5.74, 6) is -0.276. The topological polar surface area (TPSA) is 94.6 Å². The van der Waals surface area contributed by atoms with E-state index in [0.29, 0.717) is 5.92 Å². The van der Waals surface area contributed by atoms with Crippen LogP contribution in [0.4, 0.5) is 4.79 Å². The number of carbonyl (C=O) groups is 3. The first kappa shape index (κ1) is 24.1. The fourth-order valence-corrected chi connectivity index (χ4v) is 3.67. The Labute approximate surface area is 177 Å². The van der Waals surface area contributed by atoms with Crippen molar-refractivity contribution < 1.29 is 14.4 Å². The average Bonchev–Trinajstić information content (AvgIpc) is 3.13. The Bertz CT molecular complexity index is 660. The van der Waals surface area contributed by atoms with Gasteiger partial charge in [0.15, 0.2) is 0 Å². The lowest BCUT2D eigenvalue weighted by Crippen LogP contribution is -2.47. The summed E-state index contributed by atoms with van der Waals surface area (Å²) < 4.78 is 0. The van der Waals surface area contributed by atoms with Gasteiger partial charge in [0.25, 0.3) is 5.91 Å². The SMILES string of the molecule is CCC[C@H]1CN(Cc2ccncc2)C[C@@H]1NC(=O)CN1C(=O)CNC1=O.Cl.Cl. The molecule has 156 valence electrons. The van der Waals surface area contributed by atoms with Crippen LogP contribution in [0.25, 0.3) is 0 Å². The Morgan fingerprint density at radius 2 is 1.96 bits per heavy atom. The second kappa shape index (κ2) is 11.2. The average molecular weight is 432 g/mol. The van der Waals surface area contributed by atoms with Crippen LogP contribution in [0.1, 0.15) is 25.3 Å². The van der Waals surface area contributed by atoms with E-state index in [1.54, 1.807) is 12.4 Å². The Balaban J connectivity index is 0.00000196. The molecular weight excluding hydrogens is 405 g/mol. The highest BCUT2D eigenvalue weighted by Crippen LogP contribution is 2.23. The van der Waals surface area contributed by atoms with Gasteiger partial charge in [-0.3, -0.25) is 24.4 Å². The van der Waals surface area contributed by atoms with E-state index in [2.05, 4.69) is 27.4 Å². The summed E-state index contributed by atoms with van der Waals surface area (Å²) >= 11 is 0. The monoisotopic (exact) mass is 431 g/mol. The number of imide groups is 1. The minimum absolute atomic E-state index is 0. The number of urea groups is 1. The molecule has 2 fully saturated rings. The number of nitrogens with one attached hydrogen (secondary N) is 2. The van der Waals surface area contributed by atoms with E-state index in [-0.39, 0.29) is 55.8 Å². The molecule has 4 amide bonds. The molecule has 0 aromatic carbocycles. The van der Waals surface area contributed by atoms with Gasteiger partial charge in [-0.2, -0.15) is 0 Å². The number of aromatic nitrogens is 1. The minimum Gasteiger partial charge on any atom is -0.350 e. The lowest BCUT2D eigenvalue weighted by Gasteiger charge is -2.21. The smallest absolute Gasteiger partial charge is 0.325 e. The molecule has 0 radical (unpaired) electrons. The van der Waals surface area contributed by atoms with E-state index < -0.39 is 6.03 Å². The van der Waals surface area contributed by atoms with Crippen LogP contribution in [0.3, 0.4) is 0 Å². The van der Waals surface area contributed by atoms with Crippen molar-refractivity contribution in [3.05, 3.63) is 30.1 Å².